The van der Waals surface area contributed by atoms with Crippen molar-refractivity contribution >= 4 is 34.2 Å². The van der Waals surface area contributed by atoms with Crippen LogP contribution < -0.4 is 9.64 Å². The fraction of sp³-hybridized carbons (Fsp3) is 0.296. The van der Waals surface area contributed by atoms with Gasteiger partial charge in [0.05, 0.1) is 5.69 Å². The van der Waals surface area contributed by atoms with Crippen LogP contribution in [0.15, 0.2) is 54.6 Å². The number of benzene rings is 3. The number of ether oxygens (including phenoxy) is 1. The van der Waals surface area contributed by atoms with Crippen LogP contribution in [0.25, 0.3) is 10.8 Å². The molecular weight excluding hydrogens is 418 g/mol. The smallest absolute Gasteiger partial charge is 0.341 e. The number of carboxylic acid groups (broad SMARTS) is 1. The number of hydrogen-bond acceptors (Lipinski definition) is 4. The topological polar surface area (TPSA) is 83.9 Å². The minimum atomic E-state index is -1.10. The highest BCUT2D eigenvalue weighted by molar-refractivity contribution is 6.35. The van der Waals surface area contributed by atoms with Crippen LogP contribution in [-0.2, 0) is 11.2 Å². The summed E-state index contributed by atoms with van der Waals surface area (Å²) >= 11 is 0. The third kappa shape index (κ3) is 4.75. The number of hydrogen-bond donors (Lipinski definition) is 1. The zero-order valence-electron chi connectivity index (χ0n) is 18.7. The van der Waals surface area contributed by atoms with Gasteiger partial charge < -0.3 is 9.84 Å². The number of unbranched alkanes of at least 4 members (excludes halogenated alkanes) is 4. The summed E-state index contributed by atoms with van der Waals surface area (Å²) in [6, 6.07) is 15.9. The Morgan fingerprint density at radius 2 is 1.67 bits per heavy atom. The SMILES string of the molecule is CCCCCCCc1cc2c3c(cccc3c1)C(=O)N(c1cccc(OCC(=O)O)c1)C2=O. The molecule has 3 aromatic carbocycles. The maximum Gasteiger partial charge on any atom is 0.341 e. The maximum atomic E-state index is 13.5. The molecular formula is C27H27NO5. The Bertz CT molecular complexity index is 1220. The van der Waals surface area contributed by atoms with Crippen molar-refractivity contribution in [1.29, 1.82) is 0 Å². The molecule has 170 valence electrons. The highest BCUT2D eigenvalue weighted by Gasteiger charge is 2.34. The lowest BCUT2D eigenvalue weighted by Gasteiger charge is -2.28. The molecule has 0 saturated heterocycles. The van der Waals surface area contributed by atoms with Gasteiger partial charge in [0, 0.05) is 22.6 Å². The Kier molecular flexibility index (Phi) is 6.73. The van der Waals surface area contributed by atoms with Crippen LogP contribution in [0.1, 0.15) is 65.3 Å². The Morgan fingerprint density at radius 3 is 2.45 bits per heavy atom. The third-order valence-electron chi connectivity index (χ3n) is 5.91. The molecule has 6 nitrogen and oxygen atoms in total. The Labute approximate surface area is 192 Å². The van der Waals surface area contributed by atoms with E-state index in [9.17, 15) is 14.4 Å². The second-order valence-corrected chi connectivity index (χ2v) is 8.34. The van der Waals surface area contributed by atoms with Crippen molar-refractivity contribution in [3.63, 3.8) is 0 Å². The van der Waals surface area contributed by atoms with E-state index in [1.54, 1.807) is 24.3 Å². The number of carboxylic acids is 1. The quantitative estimate of drug-likeness (QED) is 0.324. The summed E-state index contributed by atoms with van der Waals surface area (Å²) in [6.07, 6.45) is 6.74. The summed E-state index contributed by atoms with van der Waals surface area (Å²) in [7, 11) is 0. The molecule has 0 radical (unpaired) electrons. The Balaban J connectivity index is 1.67. The number of nitrogens with zero attached hydrogens (tertiary/aromatic N) is 1. The van der Waals surface area contributed by atoms with E-state index in [0.29, 0.717) is 22.2 Å². The summed E-state index contributed by atoms with van der Waals surface area (Å²) in [5, 5.41) is 10.4. The summed E-state index contributed by atoms with van der Waals surface area (Å²) in [6.45, 7) is 1.69. The van der Waals surface area contributed by atoms with Gasteiger partial charge in [-0.2, -0.15) is 0 Å². The van der Waals surface area contributed by atoms with Crippen LogP contribution in [0.2, 0.25) is 0 Å². The number of aliphatic carboxylic acids is 1. The molecule has 0 saturated carbocycles. The molecule has 1 N–H and O–H groups in total. The van der Waals surface area contributed by atoms with E-state index >= 15 is 0 Å². The predicted molar refractivity (Wildman–Crippen MR) is 127 cm³/mol. The molecule has 1 aliphatic heterocycles. The van der Waals surface area contributed by atoms with Gasteiger partial charge in [0.15, 0.2) is 6.61 Å². The van der Waals surface area contributed by atoms with Gasteiger partial charge in [0.1, 0.15) is 5.75 Å². The van der Waals surface area contributed by atoms with Gasteiger partial charge in [0.2, 0.25) is 0 Å². The number of rotatable bonds is 10. The largest absolute Gasteiger partial charge is 0.482 e. The number of amides is 2. The molecule has 3 aromatic rings. The molecule has 1 heterocycles. The summed E-state index contributed by atoms with van der Waals surface area (Å²) in [5.41, 5.74) is 2.43. The minimum Gasteiger partial charge on any atom is -0.482 e. The average Bonchev–Trinajstić information content (AvgIpc) is 2.81. The lowest BCUT2D eigenvalue weighted by Crippen LogP contribution is -2.40. The second kappa shape index (κ2) is 9.86. The molecule has 4 rings (SSSR count). The van der Waals surface area contributed by atoms with Crippen LogP contribution >= 0.6 is 0 Å². The van der Waals surface area contributed by atoms with Crippen molar-refractivity contribution in [3.05, 3.63) is 71.3 Å². The number of anilines is 1. The molecule has 6 heteroatoms. The van der Waals surface area contributed by atoms with Crippen molar-refractivity contribution < 1.29 is 24.2 Å². The predicted octanol–water partition coefficient (Wildman–Crippen LogP) is 5.62. The molecule has 0 aliphatic carbocycles. The van der Waals surface area contributed by atoms with Crippen LogP contribution in [0.5, 0.6) is 5.75 Å². The lowest BCUT2D eigenvalue weighted by molar-refractivity contribution is -0.139. The highest BCUT2D eigenvalue weighted by Crippen LogP contribution is 2.35. The molecule has 0 bridgehead atoms. The zero-order chi connectivity index (χ0) is 23.4. The number of aryl methyl sites for hydroxylation is 1. The van der Waals surface area contributed by atoms with Gasteiger partial charge in [0.25, 0.3) is 11.8 Å². The van der Waals surface area contributed by atoms with Crippen LogP contribution in [0.3, 0.4) is 0 Å². The van der Waals surface area contributed by atoms with E-state index in [-0.39, 0.29) is 11.7 Å². The van der Waals surface area contributed by atoms with E-state index in [4.69, 9.17) is 9.84 Å². The molecule has 0 fully saturated rings. The van der Waals surface area contributed by atoms with Crippen molar-refractivity contribution in [2.24, 2.45) is 0 Å². The number of carbonyl (C=O) groups excluding carboxylic acids is 2. The van der Waals surface area contributed by atoms with Gasteiger partial charge in [-0.05, 0) is 48.1 Å². The van der Waals surface area contributed by atoms with E-state index in [1.165, 1.54) is 25.3 Å². The number of carbonyl (C=O) groups is 3. The van der Waals surface area contributed by atoms with E-state index in [2.05, 4.69) is 13.0 Å². The molecule has 33 heavy (non-hydrogen) atoms. The van der Waals surface area contributed by atoms with Crippen LogP contribution in [0, 0.1) is 0 Å². The molecule has 0 atom stereocenters. The standard InChI is InChI=1S/C27H27NO5/c1-2-3-4-5-6-9-18-14-19-10-7-13-22-25(19)23(15-18)27(32)28(26(22)31)20-11-8-12-21(16-20)33-17-24(29)30/h7-8,10-16H,2-6,9,17H2,1H3,(H,29,30). The van der Waals surface area contributed by atoms with E-state index < -0.39 is 18.5 Å². The van der Waals surface area contributed by atoms with Crippen LogP contribution in [-0.4, -0.2) is 29.5 Å². The Morgan fingerprint density at radius 1 is 0.909 bits per heavy atom. The number of imide groups is 1. The molecule has 2 amide bonds. The first-order valence-electron chi connectivity index (χ1n) is 11.4. The first-order valence-corrected chi connectivity index (χ1v) is 11.4. The summed E-state index contributed by atoms with van der Waals surface area (Å²) in [5.74, 6) is -1.61. The molecule has 0 unspecified atom stereocenters. The second-order valence-electron chi connectivity index (χ2n) is 8.34. The summed E-state index contributed by atoms with van der Waals surface area (Å²) in [4.78, 5) is 38.8. The normalized spacial score (nSPS) is 12.9. The van der Waals surface area contributed by atoms with Crippen molar-refractivity contribution in [2.45, 2.75) is 45.4 Å². The average molecular weight is 446 g/mol. The lowest BCUT2D eigenvalue weighted by atomic mass is 9.90. The minimum absolute atomic E-state index is 0.278. The fourth-order valence-electron chi connectivity index (χ4n) is 4.34. The first kappa shape index (κ1) is 22.5. The summed E-state index contributed by atoms with van der Waals surface area (Å²) < 4.78 is 5.24. The van der Waals surface area contributed by atoms with Gasteiger partial charge >= 0.3 is 5.97 Å². The van der Waals surface area contributed by atoms with Crippen molar-refractivity contribution in [1.82, 2.24) is 0 Å². The molecule has 0 aromatic heterocycles. The first-order chi connectivity index (χ1) is 16.0. The van der Waals surface area contributed by atoms with Gasteiger partial charge in [-0.3, -0.25) is 9.59 Å². The zero-order valence-corrected chi connectivity index (χ0v) is 18.7. The van der Waals surface area contributed by atoms with Crippen LogP contribution in [0.4, 0.5) is 5.69 Å². The van der Waals surface area contributed by atoms with E-state index in [0.717, 1.165) is 35.1 Å². The highest BCUT2D eigenvalue weighted by atomic mass is 16.5. The Hall–Kier alpha value is -3.67. The fourth-order valence-corrected chi connectivity index (χ4v) is 4.34. The van der Waals surface area contributed by atoms with Gasteiger partial charge in [-0.1, -0.05) is 56.9 Å². The molecule has 1 aliphatic rings. The third-order valence-corrected chi connectivity index (χ3v) is 5.91. The maximum absolute atomic E-state index is 13.5. The monoisotopic (exact) mass is 445 g/mol. The van der Waals surface area contributed by atoms with Crippen molar-refractivity contribution in [3.8, 4) is 5.75 Å². The van der Waals surface area contributed by atoms with Gasteiger partial charge in [-0.25, -0.2) is 9.69 Å². The molecule has 0 spiro atoms. The van der Waals surface area contributed by atoms with Crippen molar-refractivity contribution in [2.75, 3.05) is 11.5 Å². The van der Waals surface area contributed by atoms with Gasteiger partial charge in [-0.15, -0.1) is 0 Å². The van der Waals surface area contributed by atoms with E-state index in [1.807, 2.05) is 18.2 Å².